The van der Waals surface area contributed by atoms with Crippen molar-refractivity contribution in [3.8, 4) is 11.1 Å². The summed E-state index contributed by atoms with van der Waals surface area (Å²) in [7, 11) is 2.31. The zero-order valence-corrected chi connectivity index (χ0v) is 47.8. The first-order valence-corrected chi connectivity index (χ1v) is 29.5. The average Bonchev–Trinajstić information content (AvgIpc) is 3.43. The van der Waals surface area contributed by atoms with Gasteiger partial charge in [0.1, 0.15) is 0 Å². The van der Waals surface area contributed by atoms with Crippen LogP contribution in [0.4, 0.5) is 0 Å². The van der Waals surface area contributed by atoms with E-state index in [0.29, 0.717) is 36.6 Å². The first kappa shape index (κ1) is 61.0. The van der Waals surface area contributed by atoms with Gasteiger partial charge in [0.25, 0.3) is 0 Å². The second kappa shape index (κ2) is 36.2. The number of likely N-dealkylation sites (N-methyl/N-ethyl adjacent to an activating group) is 1. The normalized spacial score (nSPS) is 16.9. The van der Waals surface area contributed by atoms with E-state index in [0.717, 1.165) is 96.3 Å². The lowest BCUT2D eigenvalue weighted by molar-refractivity contribution is -0.118. The minimum atomic E-state index is 0.338. The van der Waals surface area contributed by atoms with Gasteiger partial charge in [0.15, 0.2) is 0 Å². The number of rotatable bonds is 35. The van der Waals surface area contributed by atoms with E-state index in [9.17, 15) is 4.79 Å². The lowest BCUT2D eigenvalue weighted by atomic mass is 9.91. The summed E-state index contributed by atoms with van der Waals surface area (Å²) in [5, 5.41) is 15.4. The van der Waals surface area contributed by atoms with Crippen molar-refractivity contribution in [2.45, 2.75) is 188 Å². The van der Waals surface area contributed by atoms with Gasteiger partial charge in [-0.1, -0.05) is 212 Å². The maximum absolute atomic E-state index is 12.0. The summed E-state index contributed by atoms with van der Waals surface area (Å²) in [4.78, 5) is 16.5. The topological polar surface area (TPSA) is 71.7 Å². The van der Waals surface area contributed by atoms with Crippen molar-refractivity contribution >= 4 is 12.0 Å². The molecule has 1 fully saturated rings. The van der Waals surface area contributed by atoms with Gasteiger partial charge < -0.3 is 26.2 Å². The molecular weight excluding hydrogens is 917 g/mol. The van der Waals surface area contributed by atoms with Crippen molar-refractivity contribution in [2.24, 2.45) is 5.92 Å². The SMILES string of the molecule is C/C=C\Cc1ccc(CNCCCCCCN(C=O)Cc2ccc(C(/C=C\[C@H](C)CNC(CCCC)C(C)NCc3ccc(-c4ccc(CNC5CCCCCCC5N(C)C/C=C/CC)cc4)cc3)=C/C)cc2)cc1. The van der Waals surface area contributed by atoms with Gasteiger partial charge in [-0.05, 0) is 135 Å². The van der Waals surface area contributed by atoms with Gasteiger partial charge in [-0.2, -0.15) is 0 Å². The number of hydrogen-bond donors (Lipinski definition) is 4. The number of benzene rings is 4. The molecule has 0 aromatic heterocycles. The number of amides is 1. The van der Waals surface area contributed by atoms with Gasteiger partial charge in [0, 0.05) is 70.0 Å². The van der Waals surface area contributed by atoms with Crippen molar-refractivity contribution in [3.05, 3.63) is 173 Å². The molecule has 4 N–H and O–H groups in total. The van der Waals surface area contributed by atoms with Crippen LogP contribution in [0.25, 0.3) is 16.7 Å². The van der Waals surface area contributed by atoms with E-state index in [1.165, 1.54) is 102 Å². The lowest BCUT2D eigenvalue weighted by Gasteiger charge is -2.36. The predicted molar refractivity (Wildman–Crippen MR) is 324 cm³/mol. The van der Waals surface area contributed by atoms with Crippen LogP contribution in [-0.2, 0) is 37.4 Å². The van der Waals surface area contributed by atoms with Crippen LogP contribution >= 0.6 is 0 Å². The van der Waals surface area contributed by atoms with E-state index in [1.807, 2.05) is 4.90 Å². The molecule has 0 saturated heterocycles. The molecule has 0 spiro atoms. The first-order valence-electron chi connectivity index (χ1n) is 29.5. The van der Waals surface area contributed by atoms with Gasteiger partial charge in [0.2, 0.25) is 6.41 Å². The van der Waals surface area contributed by atoms with E-state index < -0.39 is 0 Å². The minimum absolute atomic E-state index is 0.338. The van der Waals surface area contributed by atoms with Crippen molar-refractivity contribution in [1.82, 2.24) is 31.1 Å². The summed E-state index contributed by atoms with van der Waals surface area (Å²) < 4.78 is 0. The maximum Gasteiger partial charge on any atom is 0.210 e. The molecule has 7 heteroatoms. The molecule has 7 nitrogen and oxygen atoms in total. The number of carbonyl (C=O) groups excluding carboxylic acids is 1. The average molecular weight is 1020 g/mol. The van der Waals surface area contributed by atoms with Crippen LogP contribution in [0.1, 0.15) is 165 Å². The van der Waals surface area contributed by atoms with Crippen LogP contribution in [0.15, 0.2) is 140 Å². The molecule has 0 heterocycles. The van der Waals surface area contributed by atoms with Crippen molar-refractivity contribution in [1.29, 1.82) is 0 Å². The highest BCUT2D eigenvalue weighted by molar-refractivity contribution is 5.74. The molecule has 1 saturated carbocycles. The standard InChI is InChI=1S/C68H100N6O/c1-8-12-22-47-73(7)68-27-20-16-15-19-26-67(68)72-52-60-35-42-65(43-36-60)64-40-33-59(34-41-64)51-70-56(6)66(25-14-10-3)71-49-55(5)28-39-62(11-4)63-44-37-61(38-45-63)53-74(54-75)48-23-18-17-21-46-69-50-58-31-29-57(30-32-58)24-13-9-2/h9,11-13,22,28-45,54-56,66-72H,8,10,14-21,23-27,46-53H2,1-7H3/b13-9-,22-12+,39-28-,62-11+/t55-,56?,66?,67?,68?/m0/s1. The summed E-state index contributed by atoms with van der Waals surface area (Å²) in [6, 6.07) is 37.9. The summed E-state index contributed by atoms with van der Waals surface area (Å²) in [5.41, 5.74) is 11.5. The first-order chi connectivity index (χ1) is 36.7. The molecule has 4 aromatic rings. The largest absolute Gasteiger partial charge is 0.341 e. The Kier molecular flexibility index (Phi) is 29.4. The van der Waals surface area contributed by atoms with Gasteiger partial charge >= 0.3 is 0 Å². The number of unbranched alkanes of at least 4 members (excludes halogenated alkanes) is 4. The summed E-state index contributed by atoms with van der Waals surface area (Å²) in [5.74, 6) is 0.380. The molecule has 1 aliphatic rings. The number of allylic oxidation sites excluding steroid dienone is 6. The Bertz CT molecular complexity index is 2240. The Morgan fingerprint density at radius 2 is 1.32 bits per heavy atom. The smallest absolute Gasteiger partial charge is 0.210 e. The molecule has 5 rings (SSSR count). The van der Waals surface area contributed by atoms with Gasteiger partial charge in [-0.15, -0.1) is 0 Å². The zero-order chi connectivity index (χ0) is 53.3. The molecule has 1 amide bonds. The fraction of sp³-hybridized carbons (Fsp3) is 0.515. The van der Waals surface area contributed by atoms with Gasteiger partial charge in [-0.25, -0.2) is 0 Å². The van der Waals surface area contributed by atoms with E-state index in [1.54, 1.807) is 0 Å². The number of nitrogens with one attached hydrogen (secondary N) is 4. The fourth-order valence-electron chi connectivity index (χ4n) is 10.5. The van der Waals surface area contributed by atoms with Crippen LogP contribution in [0.2, 0.25) is 0 Å². The Balaban J connectivity index is 0.999. The fourth-order valence-corrected chi connectivity index (χ4v) is 10.5. The Morgan fingerprint density at radius 1 is 0.680 bits per heavy atom. The zero-order valence-electron chi connectivity index (χ0n) is 47.8. The van der Waals surface area contributed by atoms with E-state index in [4.69, 9.17) is 0 Å². The Morgan fingerprint density at radius 3 is 1.99 bits per heavy atom. The molecule has 4 aromatic carbocycles. The molecule has 408 valence electrons. The maximum atomic E-state index is 12.0. The van der Waals surface area contributed by atoms with Crippen molar-refractivity contribution in [2.75, 3.05) is 33.2 Å². The Labute approximate surface area is 457 Å². The summed E-state index contributed by atoms with van der Waals surface area (Å²) >= 11 is 0. The van der Waals surface area contributed by atoms with Crippen LogP contribution in [0.3, 0.4) is 0 Å². The third-order valence-electron chi connectivity index (χ3n) is 15.4. The van der Waals surface area contributed by atoms with Crippen molar-refractivity contribution in [3.63, 3.8) is 0 Å². The van der Waals surface area contributed by atoms with Crippen LogP contribution in [0, 0.1) is 5.92 Å². The highest BCUT2D eigenvalue weighted by atomic mass is 16.1. The molecule has 75 heavy (non-hydrogen) atoms. The number of carbonyl (C=O) groups is 1. The molecule has 0 bridgehead atoms. The molecular formula is C68H100N6O. The second-order valence-corrected chi connectivity index (χ2v) is 21.6. The van der Waals surface area contributed by atoms with Gasteiger partial charge in [-0.3, -0.25) is 9.69 Å². The monoisotopic (exact) mass is 1020 g/mol. The number of hydrogen-bond acceptors (Lipinski definition) is 6. The number of nitrogens with zero attached hydrogens (tertiary/aromatic N) is 2. The molecule has 5 atom stereocenters. The quantitative estimate of drug-likeness (QED) is 0.0159. The summed E-state index contributed by atoms with van der Waals surface area (Å²) in [6.45, 7) is 20.4. The highest BCUT2D eigenvalue weighted by Crippen LogP contribution is 2.25. The van der Waals surface area contributed by atoms with E-state index in [2.05, 4.69) is 214 Å². The molecule has 0 radical (unpaired) electrons. The van der Waals surface area contributed by atoms with Crippen molar-refractivity contribution < 1.29 is 4.79 Å². The van der Waals surface area contributed by atoms with E-state index >= 15 is 0 Å². The van der Waals surface area contributed by atoms with Gasteiger partial charge in [0.05, 0.1) is 0 Å². The van der Waals surface area contributed by atoms with Crippen LogP contribution < -0.4 is 21.3 Å². The lowest BCUT2D eigenvalue weighted by Crippen LogP contribution is -2.49. The third-order valence-corrected chi connectivity index (χ3v) is 15.4. The minimum Gasteiger partial charge on any atom is -0.341 e. The molecule has 1 aliphatic carbocycles. The van der Waals surface area contributed by atoms with Crippen LogP contribution in [0.5, 0.6) is 0 Å². The van der Waals surface area contributed by atoms with E-state index in [-0.39, 0.29) is 0 Å². The second-order valence-electron chi connectivity index (χ2n) is 21.6. The molecule has 0 aliphatic heterocycles. The summed E-state index contributed by atoms with van der Waals surface area (Å²) in [6.07, 6.45) is 34.8. The predicted octanol–water partition coefficient (Wildman–Crippen LogP) is 14.8. The third kappa shape index (κ3) is 23.1. The highest BCUT2D eigenvalue weighted by Gasteiger charge is 2.25. The van der Waals surface area contributed by atoms with Crippen LogP contribution in [-0.4, -0.2) is 73.6 Å². The Hall–Kier alpha value is -4.89. The molecule has 4 unspecified atom stereocenters.